The summed E-state index contributed by atoms with van der Waals surface area (Å²) in [5, 5.41) is 0. The summed E-state index contributed by atoms with van der Waals surface area (Å²) in [5.41, 5.74) is 0. The Morgan fingerprint density at radius 2 is 1.22 bits per heavy atom. The summed E-state index contributed by atoms with van der Waals surface area (Å²) in [4.78, 5) is 23.5. The van der Waals surface area contributed by atoms with Gasteiger partial charge in [0.05, 0.1) is 14.2 Å². The number of methoxy groups -OCH3 is 2. The Kier molecular flexibility index (Phi) is 6.76. The van der Waals surface area contributed by atoms with E-state index < -0.39 is 17.9 Å². The number of carbonyl (C=O) groups is 2. The highest BCUT2D eigenvalue weighted by molar-refractivity contribution is 5.95. The van der Waals surface area contributed by atoms with Crippen LogP contribution in [0.2, 0.25) is 0 Å². The quantitative estimate of drug-likeness (QED) is 0.575. The average Bonchev–Trinajstić information content (AvgIpc) is 2.52. The van der Waals surface area contributed by atoms with E-state index in [-0.39, 0.29) is 5.92 Å². The lowest BCUT2D eigenvalue weighted by Gasteiger charge is -2.22. The van der Waals surface area contributed by atoms with E-state index in [4.69, 9.17) is 9.47 Å². The van der Waals surface area contributed by atoms with Crippen LogP contribution in [0.25, 0.3) is 0 Å². The Bertz CT molecular complexity index is 249. The van der Waals surface area contributed by atoms with Gasteiger partial charge in [0.25, 0.3) is 0 Å². The molecule has 18 heavy (non-hydrogen) atoms. The maximum absolute atomic E-state index is 11.8. The van der Waals surface area contributed by atoms with Gasteiger partial charge >= 0.3 is 11.9 Å². The first-order valence-electron chi connectivity index (χ1n) is 6.86. The molecule has 0 radical (unpaired) electrons. The Balaban J connectivity index is 2.73. The van der Waals surface area contributed by atoms with Crippen LogP contribution in [0.4, 0.5) is 0 Å². The van der Waals surface area contributed by atoms with Gasteiger partial charge in [0.15, 0.2) is 5.92 Å². The summed E-state index contributed by atoms with van der Waals surface area (Å²) in [6.07, 6.45) is 8.87. The highest BCUT2D eigenvalue weighted by Gasteiger charge is 2.36. The van der Waals surface area contributed by atoms with Crippen LogP contribution < -0.4 is 0 Å². The summed E-state index contributed by atoms with van der Waals surface area (Å²) in [6, 6.07) is 0. The SMILES string of the molecule is COC(=O)C(C(=O)OC)C1CCCCCCCC1. The third-order valence-electron chi connectivity index (χ3n) is 3.78. The second-order valence-corrected chi connectivity index (χ2v) is 4.98. The second kappa shape index (κ2) is 8.11. The number of carbonyl (C=O) groups excluding carboxylic acids is 2. The van der Waals surface area contributed by atoms with Crippen molar-refractivity contribution in [3.05, 3.63) is 0 Å². The molecule has 1 saturated carbocycles. The van der Waals surface area contributed by atoms with Gasteiger partial charge in [-0.2, -0.15) is 0 Å². The molecule has 0 saturated heterocycles. The number of esters is 2. The number of rotatable bonds is 3. The molecule has 1 fully saturated rings. The number of hydrogen-bond donors (Lipinski definition) is 0. The first-order valence-corrected chi connectivity index (χ1v) is 6.86. The second-order valence-electron chi connectivity index (χ2n) is 4.98. The molecule has 1 aliphatic carbocycles. The van der Waals surface area contributed by atoms with Crippen LogP contribution in [0, 0.1) is 11.8 Å². The van der Waals surface area contributed by atoms with Gasteiger partial charge in [-0.15, -0.1) is 0 Å². The van der Waals surface area contributed by atoms with Crippen LogP contribution in [-0.4, -0.2) is 26.2 Å². The fourth-order valence-corrected chi connectivity index (χ4v) is 2.73. The summed E-state index contributed by atoms with van der Waals surface area (Å²) in [5.74, 6) is -1.57. The fourth-order valence-electron chi connectivity index (χ4n) is 2.73. The van der Waals surface area contributed by atoms with Crippen molar-refractivity contribution in [2.45, 2.75) is 51.4 Å². The topological polar surface area (TPSA) is 52.6 Å². The molecule has 0 spiro atoms. The van der Waals surface area contributed by atoms with E-state index in [1.165, 1.54) is 39.9 Å². The molecule has 1 aliphatic rings. The molecule has 0 aromatic carbocycles. The molecule has 0 atom stereocenters. The normalized spacial score (nSPS) is 18.6. The van der Waals surface area contributed by atoms with Crippen LogP contribution in [0.3, 0.4) is 0 Å². The number of hydrogen-bond acceptors (Lipinski definition) is 4. The van der Waals surface area contributed by atoms with Gasteiger partial charge in [-0.3, -0.25) is 9.59 Å². The van der Waals surface area contributed by atoms with Gasteiger partial charge in [-0.1, -0.05) is 38.5 Å². The fraction of sp³-hybridized carbons (Fsp3) is 0.857. The van der Waals surface area contributed by atoms with Crippen molar-refractivity contribution in [1.82, 2.24) is 0 Å². The van der Waals surface area contributed by atoms with Crippen molar-refractivity contribution in [3.8, 4) is 0 Å². The lowest BCUT2D eigenvalue weighted by atomic mass is 9.84. The molecule has 0 aliphatic heterocycles. The maximum Gasteiger partial charge on any atom is 0.320 e. The molecule has 4 heteroatoms. The zero-order valence-corrected chi connectivity index (χ0v) is 11.4. The zero-order chi connectivity index (χ0) is 13.4. The Labute approximate surface area is 109 Å². The predicted molar refractivity (Wildman–Crippen MR) is 67.9 cm³/mol. The monoisotopic (exact) mass is 256 g/mol. The summed E-state index contributed by atoms with van der Waals surface area (Å²) in [6.45, 7) is 0. The van der Waals surface area contributed by atoms with Crippen LogP contribution in [-0.2, 0) is 19.1 Å². The summed E-state index contributed by atoms with van der Waals surface area (Å²) in [7, 11) is 2.65. The van der Waals surface area contributed by atoms with E-state index in [0.29, 0.717) is 0 Å². The Morgan fingerprint density at radius 1 is 0.833 bits per heavy atom. The van der Waals surface area contributed by atoms with Gasteiger partial charge in [0.2, 0.25) is 0 Å². The van der Waals surface area contributed by atoms with Crippen LogP contribution in [0.1, 0.15) is 51.4 Å². The Morgan fingerprint density at radius 3 is 1.61 bits per heavy atom. The molecular weight excluding hydrogens is 232 g/mol. The lowest BCUT2D eigenvalue weighted by molar-refractivity contribution is -0.161. The van der Waals surface area contributed by atoms with E-state index in [2.05, 4.69) is 0 Å². The first kappa shape index (κ1) is 15.0. The van der Waals surface area contributed by atoms with Gasteiger partial charge in [-0.25, -0.2) is 0 Å². The van der Waals surface area contributed by atoms with Gasteiger partial charge in [0, 0.05) is 0 Å². The molecule has 0 aromatic heterocycles. The van der Waals surface area contributed by atoms with E-state index >= 15 is 0 Å². The standard InChI is InChI=1S/C14H24O4/c1-17-13(15)12(14(16)18-2)11-9-7-5-3-4-6-8-10-11/h11-12H,3-10H2,1-2H3. The predicted octanol–water partition coefficient (Wildman–Crippen LogP) is 2.70. The highest BCUT2D eigenvalue weighted by Crippen LogP contribution is 2.29. The maximum atomic E-state index is 11.8. The minimum Gasteiger partial charge on any atom is -0.468 e. The van der Waals surface area contributed by atoms with E-state index in [1.807, 2.05) is 0 Å². The number of ether oxygens (including phenoxy) is 2. The van der Waals surface area contributed by atoms with Crippen molar-refractivity contribution in [2.75, 3.05) is 14.2 Å². The van der Waals surface area contributed by atoms with Gasteiger partial charge < -0.3 is 9.47 Å². The molecule has 0 aromatic rings. The first-order chi connectivity index (χ1) is 8.70. The summed E-state index contributed by atoms with van der Waals surface area (Å²) < 4.78 is 9.50. The van der Waals surface area contributed by atoms with Crippen LogP contribution >= 0.6 is 0 Å². The zero-order valence-electron chi connectivity index (χ0n) is 11.4. The smallest absolute Gasteiger partial charge is 0.320 e. The molecule has 1 rings (SSSR count). The van der Waals surface area contributed by atoms with Crippen molar-refractivity contribution >= 4 is 11.9 Å². The molecule has 4 nitrogen and oxygen atoms in total. The third-order valence-corrected chi connectivity index (χ3v) is 3.78. The van der Waals surface area contributed by atoms with Gasteiger partial charge in [-0.05, 0) is 18.8 Å². The van der Waals surface area contributed by atoms with Crippen molar-refractivity contribution < 1.29 is 19.1 Å². The molecule has 0 unspecified atom stereocenters. The van der Waals surface area contributed by atoms with E-state index in [0.717, 1.165) is 25.7 Å². The average molecular weight is 256 g/mol. The molecule has 0 amide bonds. The highest BCUT2D eigenvalue weighted by atomic mass is 16.5. The van der Waals surface area contributed by atoms with E-state index in [1.54, 1.807) is 0 Å². The largest absolute Gasteiger partial charge is 0.468 e. The minimum absolute atomic E-state index is 0.0722. The molecule has 104 valence electrons. The van der Waals surface area contributed by atoms with Gasteiger partial charge in [0.1, 0.15) is 0 Å². The molecule has 0 heterocycles. The third kappa shape index (κ3) is 4.31. The van der Waals surface area contributed by atoms with E-state index in [9.17, 15) is 9.59 Å². The Hall–Kier alpha value is -1.06. The molecule has 0 bridgehead atoms. The van der Waals surface area contributed by atoms with Crippen LogP contribution in [0.15, 0.2) is 0 Å². The van der Waals surface area contributed by atoms with Crippen molar-refractivity contribution in [2.24, 2.45) is 11.8 Å². The minimum atomic E-state index is -0.738. The molecular formula is C14H24O4. The summed E-state index contributed by atoms with van der Waals surface area (Å²) >= 11 is 0. The van der Waals surface area contributed by atoms with Crippen molar-refractivity contribution in [3.63, 3.8) is 0 Å². The lowest BCUT2D eigenvalue weighted by Crippen LogP contribution is -2.33. The van der Waals surface area contributed by atoms with Crippen molar-refractivity contribution in [1.29, 1.82) is 0 Å². The van der Waals surface area contributed by atoms with Crippen LogP contribution in [0.5, 0.6) is 0 Å². The molecule has 0 N–H and O–H groups in total.